The summed E-state index contributed by atoms with van der Waals surface area (Å²) in [6.45, 7) is 1.54. The molecule has 172 valence electrons. The summed E-state index contributed by atoms with van der Waals surface area (Å²) in [7, 11) is -1.84. The molecule has 0 aliphatic carbocycles. The molecule has 0 spiro atoms. The lowest BCUT2D eigenvalue weighted by Crippen LogP contribution is -2.53. The minimum absolute atomic E-state index is 0.214. The second kappa shape index (κ2) is 8.72. The Hall–Kier alpha value is -3.04. The van der Waals surface area contributed by atoms with Crippen molar-refractivity contribution in [2.75, 3.05) is 36.5 Å². The van der Waals surface area contributed by atoms with Crippen LogP contribution in [0.1, 0.15) is 25.7 Å². The van der Waals surface area contributed by atoms with Gasteiger partial charge in [0.15, 0.2) is 11.6 Å². The van der Waals surface area contributed by atoms with Crippen LogP contribution >= 0.6 is 0 Å². The van der Waals surface area contributed by atoms with Gasteiger partial charge in [-0.15, -0.1) is 0 Å². The van der Waals surface area contributed by atoms with Crippen LogP contribution in [-0.4, -0.2) is 61.3 Å². The van der Waals surface area contributed by atoms with Crippen LogP contribution in [0.5, 0.6) is 0 Å². The van der Waals surface area contributed by atoms with Crippen LogP contribution in [-0.2, 0) is 14.8 Å². The second-order valence-electron chi connectivity index (χ2n) is 8.56. The SMILES string of the molecule is CN1CCCN(C(=O)[C@H]2CCCCN2S(=O)(=O)c2ccccc2)c2nc3ccccc3nc21. The van der Waals surface area contributed by atoms with E-state index in [0.29, 0.717) is 36.7 Å². The van der Waals surface area contributed by atoms with Gasteiger partial charge in [-0.3, -0.25) is 9.69 Å². The molecule has 0 saturated carbocycles. The van der Waals surface area contributed by atoms with Gasteiger partial charge in [0.1, 0.15) is 6.04 Å². The smallest absolute Gasteiger partial charge is 0.246 e. The summed E-state index contributed by atoms with van der Waals surface area (Å²) in [6.07, 6.45) is 2.78. The number of aromatic nitrogens is 2. The number of piperidine rings is 1. The molecule has 8 nitrogen and oxygen atoms in total. The number of hydrogen-bond donors (Lipinski definition) is 0. The average molecular weight is 466 g/mol. The fourth-order valence-corrected chi connectivity index (χ4v) is 6.33. The molecule has 3 aromatic rings. The van der Waals surface area contributed by atoms with Gasteiger partial charge in [0, 0.05) is 26.7 Å². The molecule has 1 atom stereocenters. The monoisotopic (exact) mass is 465 g/mol. The summed E-state index contributed by atoms with van der Waals surface area (Å²) in [5.41, 5.74) is 1.48. The molecule has 1 amide bonds. The molecule has 2 aliphatic rings. The largest absolute Gasteiger partial charge is 0.357 e. The van der Waals surface area contributed by atoms with Gasteiger partial charge < -0.3 is 4.90 Å². The van der Waals surface area contributed by atoms with Crippen molar-refractivity contribution in [2.45, 2.75) is 36.6 Å². The number of amides is 1. The highest BCUT2D eigenvalue weighted by molar-refractivity contribution is 7.89. The summed E-state index contributed by atoms with van der Waals surface area (Å²) in [5, 5.41) is 0. The van der Waals surface area contributed by atoms with Crippen LogP contribution in [0.2, 0.25) is 0 Å². The summed E-state index contributed by atoms with van der Waals surface area (Å²) in [6, 6.07) is 15.2. The molecule has 0 unspecified atom stereocenters. The van der Waals surface area contributed by atoms with E-state index in [4.69, 9.17) is 9.97 Å². The standard InChI is InChI=1S/C24H27N5O3S/c1-27-15-9-16-28(23-22(27)25-19-12-5-6-13-20(19)26-23)24(30)21-14-7-8-17-29(21)33(31,32)18-10-3-2-4-11-18/h2-6,10-13,21H,7-9,14-17H2,1H3/t21-/m1/s1. The van der Waals surface area contributed by atoms with Crippen LogP contribution < -0.4 is 9.80 Å². The maximum atomic E-state index is 13.9. The Bertz CT molecular complexity index is 1280. The van der Waals surface area contributed by atoms with Crippen molar-refractivity contribution < 1.29 is 13.2 Å². The number of carbonyl (C=O) groups is 1. The number of para-hydroxylation sites is 2. The second-order valence-corrected chi connectivity index (χ2v) is 10.5. The summed E-state index contributed by atoms with van der Waals surface area (Å²) < 4.78 is 28.3. The van der Waals surface area contributed by atoms with E-state index < -0.39 is 16.1 Å². The first-order valence-electron chi connectivity index (χ1n) is 11.3. The van der Waals surface area contributed by atoms with E-state index in [1.807, 2.05) is 36.2 Å². The Labute approximate surface area is 193 Å². The molecule has 3 heterocycles. The minimum atomic E-state index is -3.79. The summed E-state index contributed by atoms with van der Waals surface area (Å²) in [4.78, 5) is 27.4. The van der Waals surface area contributed by atoms with E-state index in [0.717, 1.165) is 31.3 Å². The van der Waals surface area contributed by atoms with Crippen molar-refractivity contribution in [3.63, 3.8) is 0 Å². The molecule has 0 N–H and O–H groups in total. The Morgan fingerprint density at radius 3 is 2.24 bits per heavy atom. The molecule has 1 fully saturated rings. The zero-order chi connectivity index (χ0) is 23.0. The predicted molar refractivity (Wildman–Crippen MR) is 128 cm³/mol. The van der Waals surface area contributed by atoms with Crippen LogP contribution in [0.25, 0.3) is 11.0 Å². The number of anilines is 2. The molecule has 33 heavy (non-hydrogen) atoms. The predicted octanol–water partition coefficient (Wildman–Crippen LogP) is 3.05. The van der Waals surface area contributed by atoms with E-state index in [1.54, 1.807) is 35.2 Å². The van der Waals surface area contributed by atoms with Crippen molar-refractivity contribution in [2.24, 2.45) is 0 Å². The lowest BCUT2D eigenvalue weighted by atomic mass is 10.0. The number of fused-ring (bicyclic) bond motifs is 2. The number of hydrogen-bond acceptors (Lipinski definition) is 6. The lowest BCUT2D eigenvalue weighted by molar-refractivity contribution is -0.123. The Balaban J connectivity index is 1.55. The lowest BCUT2D eigenvalue weighted by Gasteiger charge is -2.36. The van der Waals surface area contributed by atoms with Crippen LogP contribution in [0.4, 0.5) is 11.6 Å². The van der Waals surface area contributed by atoms with E-state index in [-0.39, 0.29) is 10.8 Å². The van der Waals surface area contributed by atoms with Crippen LogP contribution in [0, 0.1) is 0 Å². The highest BCUT2D eigenvalue weighted by Crippen LogP contribution is 2.33. The zero-order valence-corrected chi connectivity index (χ0v) is 19.4. The van der Waals surface area contributed by atoms with E-state index >= 15 is 0 Å². The molecular formula is C24H27N5O3S. The molecule has 1 saturated heterocycles. The Morgan fingerprint density at radius 1 is 0.848 bits per heavy atom. The first-order chi connectivity index (χ1) is 16.0. The van der Waals surface area contributed by atoms with Crippen molar-refractivity contribution in [3.8, 4) is 0 Å². The van der Waals surface area contributed by atoms with Gasteiger partial charge in [-0.25, -0.2) is 18.4 Å². The van der Waals surface area contributed by atoms with Gasteiger partial charge in [0.2, 0.25) is 15.9 Å². The molecular weight excluding hydrogens is 438 g/mol. The van der Waals surface area contributed by atoms with E-state index in [9.17, 15) is 13.2 Å². The quantitative estimate of drug-likeness (QED) is 0.591. The van der Waals surface area contributed by atoms with E-state index in [1.165, 1.54) is 4.31 Å². The first kappa shape index (κ1) is 21.8. The van der Waals surface area contributed by atoms with Gasteiger partial charge in [-0.1, -0.05) is 36.8 Å². The fraction of sp³-hybridized carbons (Fsp3) is 0.375. The van der Waals surface area contributed by atoms with Gasteiger partial charge in [0.05, 0.1) is 15.9 Å². The molecule has 2 aromatic carbocycles. The van der Waals surface area contributed by atoms with Gasteiger partial charge in [-0.05, 0) is 43.5 Å². The number of nitrogens with zero attached hydrogens (tertiary/aromatic N) is 5. The number of sulfonamides is 1. The number of carbonyl (C=O) groups excluding carboxylic acids is 1. The van der Waals surface area contributed by atoms with Gasteiger partial charge in [0.25, 0.3) is 0 Å². The van der Waals surface area contributed by atoms with Crippen molar-refractivity contribution in [3.05, 3.63) is 54.6 Å². The van der Waals surface area contributed by atoms with E-state index in [2.05, 4.69) is 0 Å². The summed E-state index contributed by atoms with van der Waals surface area (Å²) >= 11 is 0. The molecule has 2 aliphatic heterocycles. The average Bonchev–Trinajstić information content (AvgIpc) is 3.01. The Kier molecular flexibility index (Phi) is 5.76. The van der Waals surface area contributed by atoms with Crippen molar-refractivity contribution in [1.82, 2.24) is 14.3 Å². The molecule has 5 rings (SSSR count). The maximum Gasteiger partial charge on any atom is 0.246 e. The zero-order valence-electron chi connectivity index (χ0n) is 18.6. The fourth-order valence-electron chi connectivity index (χ4n) is 4.66. The van der Waals surface area contributed by atoms with Gasteiger partial charge >= 0.3 is 0 Å². The topological polar surface area (TPSA) is 86.7 Å². The van der Waals surface area contributed by atoms with Crippen LogP contribution in [0.15, 0.2) is 59.5 Å². The van der Waals surface area contributed by atoms with Gasteiger partial charge in [-0.2, -0.15) is 4.31 Å². The molecule has 0 bridgehead atoms. The highest BCUT2D eigenvalue weighted by Gasteiger charge is 2.41. The van der Waals surface area contributed by atoms with Crippen LogP contribution in [0.3, 0.4) is 0 Å². The Morgan fingerprint density at radius 2 is 1.52 bits per heavy atom. The highest BCUT2D eigenvalue weighted by atomic mass is 32.2. The first-order valence-corrected chi connectivity index (χ1v) is 12.8. The normalized spacial score (nSPS) is 19.8. The molecule has 1 aromatic heterocycles. The maximum absolute atomic E-state index is 13.9. The van der Waals surface area contributed by atoms with Crippen molar-refractivity contribution in [1.29, 1.82) is 0 Å². The number of benzene rings is 2. The minimum Gasteiger partial charge on any atom is -0.357 e. The molecule has 9 heteroatoms. The third-order valence-corrected chi connectivity index (χ3v) is 8.30. The third kappa shape index (κ3) is 3.95. The third-order valence-electron chi connectivity index (χ3n) is 6.38. The summed E-state index contributed by atoms with van der Waals surface area (Å²) in [5.74, 6) is 0.921. The molecule has 0 radical (unpaired) electrons. The number of rotatable bonds is 3. The van der Waals surface area contributed by atoms with Crippen molar-refractivity contribution >= 4 is 38.6 Å².